The number of hydrogen-bond donors (Lipinski definition) is 1. The summed E-state index contributed by atoms with van der Waals surface area (Å²) in [5.74, 6) is 1.11. The zero-order valence-electron chi connectivity index (χ0n) is 9.00. The van der Waals surface area contributed by atoms with E-state index >= 15 is 0 Å². The molecule has 0 radical (unpaired) electrons. The molecule has 0 aliphatic rings. The Kier molecular flexibility index (Phi) is 2.89. The average molecular weight is 323 g/mol. The molecule has 0 bridgehead atoms. The SMILES string of the molecule is Oc1cccc(-c2nc(-c3ccc(Br)s3)no2)c1. The van der Waals surface area contributed by atoms with E-state index in [0.29, 0.717) is 17.3 Å². The van der Waals surface area contributed by atoms with Gasteiger partial charge in [-0.25, -0.2) is 0 Å². The summed E-state index contributed by atoms with van der Waals surface area (Å²) in [5.41, 5.74) is 0.698. The fraction of sp³-hybridized carbons (Fsp3) is 0. The van der Waals surface area contributed by atoms with E-state index in [1.54, 1.807) is 24.3 Å². The van der Waals surface area contributed by atoms with Gasteiger partial charge in [0.15, 0.2) is 0 Å². The van der Waals surface area contributed by atoms with E-state index < -0.39 is 0 Å². The number of rotatable bonds is 2. The van der Waals surface area contributed by atoms with Crippen molar-refractivity contribution in [2.75, 3.05) is 0 Å². The molecule has 2 heterocycles. The highest BCUT2D eigenvalue weighted by Gasteiger charge is 2.12. The van der Waals surface area contributed by atoms with Crippen molar-refractivity contribution in [1.29, 1.82) is 0 Å². The van der Waals surface area contributed by atoms with Gasteiger partial charge in [-0.05, 0) is 46.3 Å². The van der Waals surface area contributed by atoms with Crippen LogP contribution in [0.25, 0.3) is 22.2 Å². The van der Waals surface area contributed by atoms with Gasteiger partial charge in [0.05, 0.1) is 8.66 Å². The van der Waals surface area contributed by atoms with Crippen LogP contribution in [-0.4, -0.2) is 15.2 Å². The molecule has 2 aromatic heterocycles. The van der Waals surface area contributed by atoms with E-state index in [-0.39, 0.29) is 5.75 Å². The first kappa shape index (κ1) is 11.4. The summed E-state index contributed by atoms with van der Waals surface area (Å²) in [6.07, 6.45) is 0. The minimum Gasteiger partial charge on any atom is -0.508 e. The number of aromatic hydroxyl groups is 1. The molecule has 1 N–H and O–H groups in total. The van der Waals surface area contributed by atoms with Gasteiger partial charge in [0.2, 0.25) is 5.82 Å². The van der Waals surface area contributed by atoms with Crippen molar-refractivity contribution in [2.24, 2.45) is 0 Å². The number of benzene rings is 1. The number of nitrogens with zero attached hydrogens (tertiary/aromatic N) is 2. The Bertz CT molecular complexity index is 693. The second-order valence-corrected chi connectivity index (χ2v) is 6.04. The summed E-state index contributed by atoms with van der Waals surface area (Å²) < 4.78 is 6.20. The van der Waals surface area contributed by atoms with Gasteiger partial charge in [-0.1, -0.05) is 11.2 Å². The van der Waals surface area contributed by atoms with Gasteiger partial charge in [0, 0.05) is 5.56 Å². The quantitative estimate of drug-likeness (QED) is 0.776. The highest BCUT2D eigenvalue weighted by atomic mass is 79.9. The summed E-state index contributed by atoms with van der Waals surface area (Å²) >= 11 is 4.92. The third-order valence-electron chi connectivity index (χ3n) is 2.31. The number of halogens is 1. The van der Waals surface area contributed by atoms with Gasteiger partial charge in [0.1, 0.15) is 5.75 Å². The van der Waals surface area contributed by atoms with Crippen molar-refractivity contribution in [3.63, 3.8) is 0 Å². The average Bonchev–Trinajstić information content (AvgIpc) is 2.97. The molecule has 1 aromatic carbocycles. The van der Waals surface area contributed by atoms with Crippen LogP contribution in [0.5, 0.6) is 5.75 Å². The van der Waals surface area contributed by atoms with Crippen LogP contribution in [0.1, 0.15) is 0 Å². The fourth-order valence-electron chi connectivity index (χ4n) is 1.51. The Balaban J connectivity index is 1.99. The number of hydrogen-bond acceptors (Lipinski definition) is 5. The molecule has 3 rings (SSSR count). The maximum absolute atomic E-state index is 9.41. The highest BCUT2D eigenvalue weighted by Crippen LogP contribution is 2.31. The van der Waals surface area contributed by atoms with Crippen LogP contribution in [0.4, 0.5) is 0 Å². The maximum Gasteiger partial charge on any atom is 0.258 e. The van der Waals surface area contributed by atoms with Crippen molar-refractivity contribution in [3.8, 4) is 27.9 Å². The molecule has 4 nitrogen and oxygen atoms in total. The fourth-order valence-corrected chi connectivity index (χ4v) is 2.83. The van der Waals surface area contributed by atoms with Gasteiger partial charge in [0.25, 0.3) is 5.89 Å². The molecule has 0 atom stereocenters. The summed E-state index contributed by atoms with van der Waals surface area (Å²) in [4.78, 5) is 5.23. The zero-order chi connectivity index (χ0) is 12.5. The second kappa shape index (κ2) is 4.55. The predicted molar refractivity (Wildman–Crippen MR) is 72.4 cm³/mol. The summed E-state index contributed by atoms with van der Waals surface area (Å²) in [6, 6.07) is 10.6. The number of aromatic nitrogens is 2. The smallest absolute Gasteiger partial charge is 0.258 e. The topological polar surface area (TPSA) is 59.2 Å². The molecule has 90 valence electrons. The van der Waals surface area contributed by atoms with Crippen LogP contribution in [0.2, 0.25) is 0 Å². The van der Waals surface area contributed by atoms with Crippen LogP contribution in [0.15, 0.2) is 44.7 Å². The standard InChI is InChI=1S/C12H7BrN2O2S/c13-10-5-4-9(18-10)11-14-12(17-15-11)7-2-1-3-8(16)6-7/h1-6,16H. The van der Waals surface area contributed by atoms with Crippen molar-refractivity contribution in [3.05, 3.63) is 40.2 Å². The molecule has 0 spiro atoms. The van der Waals surface area contributed by atoms with Crippen LogP contribution >= 0.6 is 27.3 Å². The molecule has 0 amide bonds. The summed E-state index contributed by atoms with van der Waals surface area (Å²) in [7, 11) is 0. The maximum atomic E-state index is 9.41. The molecule has 0 saturated heterocycles. The first-order chi connectivity index (χ1) is 8.72. The van der Waals surface area contributed by atoms with Crippen LogP contribution in [0.3, 0.4) is 0 Å². The van der Waals surface area contributed by atoms with E-state index in [9.17, 15) is 5.11 Å². The minimum atomic E-state index is 0.172. The number of thiophene rings is 1. The molecule has 0 fully saturated rings. The van der Waals surface area contributed by atoms with Crippen molar-refractivity contribution in [1.82, 2.24) is 10.1 Å². The Morgan fingerprint density at radius 2 is 2.11 bits per heavy atom. The number of phenols is 1. The molecule has 18 heavy (non-hydrogen) atoms. The molecule has 3 aromatic rings. The molecule has 0 saturated carbocycles. The van der Waals surface area contributed by atoms with Crippen LogP contribution in [0, 0.1) is 0 Å². The van der Waals surface area contributed by atoms with Gasteiger partial charge >= 0.3 is 0 Å². The molecule has 6 heteroatoms. The molecule has 0 unspecified atom stereocenters. The van der Waals surface area contributed by atoms with E-state index in [0.717, 1.165) is 8.66 Å². The second-order valence-electron chi connectivity index (χ2n) is 3.58. The van der Waals surface area contributed by atoms with Crippen LogP contribution < -0.4 is 0 Å². The lowest BCUT2D eigenvalue weighted by molar-refractivity contribution is 0.431. The Hall–Kier alpha value is -1.66. The van der Waals surface area contributed by atoms with E-state index in [1.807, 2.05) is 12.1 Å². The Morgan fingerprint density at radius 1 is 1.22 bits per heavy atom. The normalized spacial score (nSPS) is 10.7. The highest BCUT2D eigenvalue weighted by molar-refractivity contribution is 9.11. The van der Waals surface area contributed by atoms with Crippen LogP contribution in [-0.2, 0) is 0 Å². The molecular weight excluding hydrogens is 316 g/mol. The first-order valence-electron chi connectivity index (χ1n) is 5.11. The van der Waals surface area contributed by atoms with E-state index in [4.69, 9.17) is 4.52 Å². The first-order valence-corrected chi connectivity index (χ1v) is 6.72. The molecule has 0 aliphatic heterocycles. The monoisotopic (exact) mass is 322 g/mol. The Morgan fingerprint density at radius 3 is 2.83 bits per heavy atom. The van der Waals surface area contributed by atoms with Gasteiger partial charge in [-0.2, -0.15) is 4.98 Å². The summed E-state index contributed by atoms with van der Waals surface area (Å²) in [5, 5.41) is 13.3. The van der Waals surface area contributed by atoms with Gasteiger partial charge in [-0.3, -0.25) is 0 Å². The van der Waals surface area contributed by atoms with Gasteiger partial charge in [-0.15, -0.1) is 11.3 Å². The van der Waals surface area contributed by atoms with E-state index in [1.165, 1.54) is 11.3 Å². The lowest BCUT2D eigenvalue weighted by Gasteiger charge is -1.94. The zero-order valence-corrected chi connectivity index (χ0v) is 11.4. The molecule has 0 aliphatic carbocycles. The lowest BCUT2D eigenvalue weighted by Crippen LogP contribution is -1.78. The lowest BCUT2D eigenvalue weighted by atomic mass is 10.2. The number of phenolic OH excluding ortho intramolecular Hbond substituents is 1. The van der Waals surface area contributed by atoms with E-state index in [2.05, 4.69) is 26.1 Å². The Labute approximate surface area is 115 Å². The van der Waals surface area contributed by atoms with Crippen molar-refractivity contribution < 1.29 is 9.63 Å². The molecular formula is C12H7BrN2O2S. The van der Waals surface area contributed by atoms with Crippen molar-refractivity contribution in [2.45, 2.75) is 0 Å². The van der Waals surface area contributed by atoms with Gasteiger partial charge < -0.3 is 9.63 Å². The third kappa shape index (κ3) is 2.16. The summed E-state index contributed by atoms with van der Waals surface area (Å²) in [6.45, 7) is 0. The third-order valence-corrected chi connectivity index (χ3v) is 3.93. The largest absolute Gasteiger partial charge is 0.508 e. The van der Waals surface area contributed by atoms with Crippen molar-refractivity contribution >= 4 is 27.3 Å². The predicted octanol–water partition coefficient (Wildman–Crippen LogP) is 3.93. The minimum absolute atomic E-state index is 0.172.